The summed E-state index contributed by atoms with van der Waals surface area (Å²) in [6, 6.07) is 5.38. The minimum Gasteiger partial charge on any atom is -0.364 e. The Kier molecular flexibility index (Phi) is 3.52. The molecule has 5 nitrogen and oxygen atoms in total. The highest BCUT2D eigenvalue weighted by atomic mass is 16.6. The molecule has 0 aromatic heterocycles. The number of nitrogens with two attached hydrogens (primary N) is 1. The number of benzene rings is 1. The van der Waals surface area contributed by atoms with E-state index in [0.717, 1.165) is 5.56 Å². The van der Waals surface area contributed by atoms with E-state index in [1.54, 1.807) is 12.1 Å². The predicted molar refractivity (Wildman–Crippen MR) is 71.8 cm³/mol. The molecule has 1 aromatic rings. The first kappa shape index (κ1) is 12.8. The fraction of sp³-hybridized carbons (Fsp3) is 0.538. The molecule has 0 aliphatic heterocycles. The molecule has 0 heterocycles. The Morgan fingerprint density at radius 2 is 2.22 bits per heavy atom. The van der Waals surface area contributed by atoms with Crippen LogP contribution in [0.3, 0.4) is 0 Å². The number of likely N-dealkylation sites (N-methyl/N-ethyl adjacent to an activating group) is 1. The zero-order valence-electron chi connectivity index (χ0n) is 10.8. The lowest BCUT2D eigenvalue weighted by Crippen LogP contribution is -2.40. The smallest absolute Gasteiger partial charge is 0.292 e. The lowest BCUT2D eigenvalue weighted by atomic mass is 10.1. The van der Waals surface area contributed by atoms with E-state index in [0.29, 0.717) is 18.2 Å². The lowest BCUT2D eigenvalue weighted by molar-refractivity contribution is -0.384. The van der Waals surface area contributed by atoms with Gasteiger partial charge in [0.2, 0.25) is 0 Å². The molecule has 1 fully saturated rings. The van der Waals surface area contributed by atoms with Crippen molar-refractivity contribution < 1.29 is 4.92 Å². The van der Waals surface area contributed by atoms with Crippen molar-refractivity contribution >= 4 is 11.4 Å². The van der Waals surface area contributed by atoms with E-state index >= 15 is 0 Å². The van der Waals surface area contributed by atoms with Gasteiger partial charge in [-0.05, 0) is 31.2 Å². The molecule has 18 heavy (non-hydrogen) atoms. The number of aryl methyl sites for hydroxylation is 1. The average Bonchev–Trinajstić information content (AvgIpc) is 3.13. The zero-order valence-corrected chi connectivity index (χ0v) is 10.8. The number of nitrogens with zero attached hydrogens (tertiary/aromatic N) is 2. The molecule has 1 atom stereocenters. The van der Waals surface area contributed by atoms with Crippen LogP contribution in [0.15, 0.2) is 18.2 Å². The number of nitro groups is 1. The van der Waals surface area contributed by atoms with Crippen molar-refractivity contribution in [2.75, 3.05) is 18.5 Å². The van der Waals surface area contributed by atoms with Crippen LogP contribution in [0.5, 0.6) is 0 Å². The Morgan fingerprint density at radius 1 is 1.56 bits per heavy atom. The van der Waals surface area contributed by atoms with Gasteiger partial charge < -0.3 is 10.6 Å². The van der Waals surface area contributed by atoms with E-state index in [2.05, 4.69) is 0 Å². The SMILES string of the molecule is Cc1cccc([N+](=O)[O-])c1N(C)C(CN)C1CC1. The van der Waals surface area contributed by atoms with Gasteiger partial charge in [0, 0.05) is 25.7 Å². The van der Waals surface area contributed by atoms with Gasteiger partial charge in [0.05, 0.1) is 4.92 Å². The summed E-state index contributed by atoms with van der Waals surface area (Å²) < 4.78 is 0. The van der Waals surface area contributed by atoms with Crippen molar-refractivity contribution in [3.8, 4) is 0 Å². The Bertz CT molecular complexity index is 458. The number of nitro benzene ring substituents is 1. The van der Waals surface area contributed by atoms with Crippen LogP contribution in [0.4, 0.5) is 11.4 Å². The number of rotatable bonds is 5. The summed E-state index contributed by atoms with van der Waals surface area (Å²) in [5, 5.41) is 11.1. The summed E-state index contributed by atoms with van der Waals surface area (Å²) in [4.78, 5) is 12.8. The van der Waals surface area contributed by atoms with Crippen molar-refractivity contribution in [1.82, 2.24) is 0 Å². The quantitative estimate of drug-likeness (QED) is 0.640. The second-order valence-electron chi connectivity index (χ2n) is 4.95. The van der Waals surface area contributed by atoms with Crippen LogP contribution in [0.1, 0.15) is 18.4 Å². The second-order valence-corrected chi connectivity index (χ2v) is 4.95. The Morgan fingerprint density at radius 3 is 2.72 bits per heavy atom. The minimum absolute atomic E-state index is 0.164. The summed E-state index contributed by atoms with van der Waals surface area (Å²) >= 11 is 0. The molecule has 0 radical (unpaired) electrons. The molecule has 0 saturated heterocycles. The van der Waals surface area contributed by atoms with Crippen molar-refractivity contribution in [3.63, 3.8) is 0 Å². The normalized spacial score (nSPS) is 16.4. The minimum atomic E-state index is -0.320. The molecule has 2 rings (SSSR count). The molecule has 0 spiro atoms. The fourth-order valence-corrected chi connectivity index (χ4v) is 2.56. The Labute approximate surface area is 107 Å². The van der Waals surface area contributed by atoms with Gasteiger partial charge in [0.25, 0.3) is 5.69 Å². The van der Waals surface area contributed by atoms with Crippen LogP contribution in [-0.2, 0) is 0 Å². The molecule has 98 valence electrons. The average molecular weight is 249 g/mol. The predicted octanol–water partition coefficient (Wildman–Crippen LogP) is 2.08. The molecule has 5 heteroatoms. The van der Waals surface area contributed by atoms with Crippen LogP contribution in [-0.4, -0.2) is 24.6 Å². The molecule has 1 saturated carbocycles. The summed E-state index contributed by atoms with van der Waals surface area (Å²) in [5.41, 5.74) is 7.60. The first-order chi connectivity index (χ1) is 8.56. The van der Waals surface area contributed by atoms with E-state index in [1.807, 2.05) is 24.9 Å². The molecular weight excluding hydrogens is 230 g/mol. The van der Waals surface area contributed by atoms with Crippen LogP contribution in [0.2, 0.25) is 0 Å². The highest BCUT2D eigenvalue weighted by molar-refractivity contribution is 5.68. The van der Waals surface area contributed by atoms with Crippen molar-refractivity contribution in [3.05, 3.63) is 33.9 Å². The Balaban J connectivity index is 2.39. The van der Waals surface area contributed by atoms with Gasteiger partial charge in [0.15, 0.2) is 0 Å². The monoisotopic (exact) mass is 249 g/mol. The summed E-state index contributed by atoms with van der Waals surface area (Å²) in [6.45, 7) is 2.44. The summed E-state index contributed by atoms with van der Waals surface area (Å²) in [6.07, 6.45) is 2.35. The van der Waals surface area contributed by atoms with E-state index in [9.17, 15) is 10.1 Å². The van der Waals surface area contributed by atoms with Crippen LogP contribution in [0.25, 0.3) is 0 Å². The number of hydrogen-bond acceptors (Lipinski definition) is 4. The molecule has 1 aliphatic carbocycles. The third-order valence-corrected chi connectivity index (χ3v) is 3.67. The molecular formula is C13H19N3O2. The highest BCUT2D eigenvalue weighted by Crippen LogP contribution is 2.39. The lowest BCUT2D eigenvalue weighted by Gasteiger charge is -2.30. The Hall–Kier alpha value is -1.62. The van der Waals surface area contributed by atoms with E-state index in [-0.39, 0.29) is 16.7 Å². The van der Waals surface area contributed by atoms with Gasteiger partial charge in [-0.2, -0.15) is 0 Å². The van der Waals surface area contributed by atoms with Crippen LogP contribution >= 0.6 is 0 Å². The number of para-hydroxylation sites is 1. The first-order valence-electron chi connectivity index (χ1n) is 6.23. The van der Waals surface area contributed by atoms with E-state index in [4.69, 9.17) is 5.73 Å². The molecule has 1 aliphatic rings. The summed E-state index contributed by atoms with van der Waals surface area (Å²) in [5.74, 6) is 0.583. The van der Waals surface area contributed by atoms with Gasteiger partial charge in [-0.1, -0.05) is 12.1 Å². The first-order valence-corrected chi connectivity index (χ1v) is 6.23. The van der Waals surface area contributed by atoms with Crippen molar-refractivity contribution in [2.24, 2.45) is 11.7 Å². The maximum Gasteiger partial charge on any atom is 0.292 e. The van der Waals surface area contributed by atoms with E-state index < -0.39 is 0 Å². The van der Waals surface area contributed by atoms with Crippen molar-refractivity contribution in [2.45, 2.75) is 25.8 Å². The summed E-state index contributed by atoms with van der Waals surface area (Å²) in [7, 11) is 1.91. The fourth-order valence-electron chi connectivity index (χ4n) is 2.56. The molecule has 0 bridgehead atoms. The molecule has 1 aromatic carbocycles. The van der Waals surface area contributed by atoms with Crippen LogP contribution < -0.4 is 10.6 Å². The third-order valence-electron chi connectivity index (χ3n) is 3.67. The third kappa shape index (κ3) is 2.31. The molecule has 1 unspecified atom stereocenters. The number of hydrogen-bond donors (Lipinski definition) is 1. The van der Waals surface area contributed by atoms with Crippen LogP contribution in [0, 0.1) is 23.0 Å². The topological polar surface area (TPSA) is 72.4 Å². The molecule has 0 amide bonds. The number of anilines is 1. The van der Waals surface area contributed by atoms with Gasteiger partial charge in [-0.15, -0.1) is 0 Å². The molecule has 2 N–H and O–H groups in total. The zero-order chi connectivity index (χ0) is 13.3. The standard InChI is InChI=1S/C13H19N3O2/c1-9-4-3-5-11(16(17)18)13(9)15(2)12(8-14)10-6-7-10/h3-5,10,12H,6-8,14H2,1-2H3. The van der Waals surface area contributed by atoms with Crippen molar-refractivity contribution in [1.29, 1.82) is 0 Å². The van der Waals surface area contributed by atoms with Gasteiger partial charge in [-0.25, -0.2) is 0 Å². The maximum atomic E-state index is 11.1. The van der Waals surface area contributed by atoms with Gasteiger partial charge in [0.1, 0.15) is 5.69 Å². The largest absolute Gasteiger partial charge is 0.364 e. The van der Waals surface area contributed by atoms with E-state index in [1.165, 1.54) is 12.8 Å². The van der Waals surface area contributed by atoms with Gasteiger partial charge >= 0.3 is 0 Å². The van der Waals surface area contributed by atoms with Gasteiger partial charge in [-0.3, -0.25) is 10.1 Å². The maximum absolute atomic E-state index is 11.1. The highest BCUT2D eigenvalue weighted by Gasteiger charge is 2.35. The second kappa shape index (κ2) is 4.94.